The first kappa shape index (κ1) is 15.0. The SMILES string of the molecule is CCCNCc1cc(C)ccc1Sc1ncc(C)cn1. The molecule has 0 aliphatic heterocycles. The zero-order valence-corrected chi connectivity index (χ0v) is 13.1. The van der Waals surface area contributed by atoms with Crippen molar-refractivity contribution in [1.82, 2.24) is 15.3 Å². The van der Waals surface area contributed by atoms with Crippen molar-refractivity contribution in [1.29, 1.82) is 0 Å². The Morgan fingerprint density at radius 2 is 1.85 bits per heavy atom. The van der Waals surface area contributed by atoms with E-state index in [9.17, 15) is 0 Å². The van der Waals surface area contributed by atoms with Gasteiger partial charge < -0.3 is 5.32 Å². The van der Waals surface area contributed by atoms with E-state index in [0.29, 0.717) is 0 Å². The molecular weight excluding hydrogens is 266 g/mol. The monoisotopic (exact) mass is 287 g/mol. The van der Waals surface area contributed by atoms with Crippen LogP contribution in [-0.4, -0.2) is 16.5 Å². The Hall–Kier alpha value is -1.39. The summed E-state index contributed by atoms with van der Waals surface area (Å²) in [6, 6.07) is 6.53. The number of rotatable bonds is 6. The Balaban J connectivity index is 2.15. The van der Waals surface area contributed by atoms with Gasteiger partial charge in [-0.2, -0.15) is 0 Å². The predicted octanol–water partition coefficient (Wildman–Crippen LogP) is 3.74. The molecule has 0 radical (unpaired) electrons. The first-order valence-corrected chi connectivity index (χ1v) is 7.77. The van der Waals surface area contributed by atoms with Crippen LogP contribution in [0.2, 0.25) is 0 Å². The summed E-state index contributed by atoms with van der Waals surface area (Å²) in [7, 11) is 0. The second kappa shape index (κ2) is 7.41. The highest BCUT2D eigenvalue weighted by Crippen LogP contribution is 2.28. The van der Waals surface area contributed by atoms with E-state index < -0.39 is 0 Å². The van der Waals surface area contributed by atoms with Crippen molar-refractivity contribution < 1.29 is 0 Å². The van der Waals surface area contributed by atoms with Gasteiger partial charge in [0.05, 0.1) is 0 Å². The van der Waals surface area contributed by atoms with Crippen LogP contribution in [0.15, 0.2) is 40.6 Å². The van der Waals surface area contributed by atoms with E-state index >= 15 is 0 Å². The number of aryl methyl sites for hydroxylation is 2. The second-order valence-corrected chi connectivity index (χ2v) is 5.94. The summed E-state index contributed by atoms with van der Waals surface area (Å²) >= 11 is 1.63. The predicted molar refractivity (Wildman–Crippen MR) is 84.1 cm³/mol. The number of nitrogens with zero attached hydrogens (tertiary/aromatic N) is 2. The standard InChI is InChI=1S/C16H21N3S/c1-4-7-17-11-14-8-12(2)5-6-15(14)20-16-18-9-13(3)10-19-16/h5-6,8-10,17H,4,7,11H2,1-3H3. The van der Waals surface area contributed by atoms with E-state index in [0.717, 1.165) is 30.2 Å². The lowest BCUT2D eigenvalue weighted by Crippen LogP contribution is -2.14. The van der Waals surface area contributed by atoms with Gasteiger partial charge in [0.2, 0.25) is 0 Å². The summed E-state index contributed by atoms with van der Waals surface area (Å²) < 4.78 is 0. The van der Waals surface area contributed by atoms with E-state index in [-0.39, 0.29) is 0 Å². The van der Waals surface area contributed by atoms with E-state index in [2.05, 4.69) is 47.3 Å². The summed E-state index contributed by atoms with van der Waals surface area (Å²) in [6.07, 6.45) is 4.87. The molecule has 0 aliphatic rings. The Kier molecular flexibility index (Phi) is 5.56. The summed E-state index contributed by atoms with van der Waals surface area (Å²) in [5.74, 6) is 0. The van der Waals surface area contributed by atoms with Crippen LogP contribution >= 0.6 is 11.8 Å². The summed E-state index contributed by atoms with van der Waals surface area (Å²) in [6.45, 7) is 8.24. The van der Waals surface area contributed by atoms with Crippen LogP contribution in [0, 0.1) is 13.8 Å². The van der Waals surface area contributed by atoms with Crippen LogP contribution in [0.4, 0.5) is 0 Å². The first-order valence-electron chi connectivity index (χ1n) is 6.96. The molecule has 2 rings (SSSR count). The largest absolute Gasteiger partial charge is 0.313 e. The average molecular weight is 287 g/mol. The van der Waals surface area contributed by atoms with E-state index in [1.807, 2.05) is 19.3 Å². The molecule has 1 aromatic carbocycles. The molecule has 3 nitrogen and oxygen atoms in total. The molecule has 0 fully saturated rings. The van der Waals surface area contributed by atoms with Crippen molar-refractivity contribution in [3.05, 3.63) is 47.3 Å². The normalized spacial score (nSPS) is 10.8. The highest BCUT2D eigenvalue weighted by atomic mass is 32.2. The topological polar surface area (TPSA) is 37.8 Å². The third-order valence-electron chi connectivity index (χ3n) is 2.92. The highest BCUT2D eigenvalue weighted by Gasteiger charge is 2.06. The van der Waals surface area contributed by atoms with Gasteiger partial charge in [-0.3, -0.25) is 0 Å². The van der Waals surface area contributed by atoms with Crippen molar-refractivity contribution in [2.24, 2.45) is 0 Å². The maximum atomic E-state index is 4.36. The minimum atomic E-state index is 0.802. The van der Waals surface area contributed by atoms with Gasteiger partial charge in [0.1, 0.15) is 0 Å². The quantitative estimate of drug-likeness (QED) is 0.648. The maximum absolute atomic E-state index is 4.36. The maximum Gasteiger partial charge on any atom is 0.192 e. The molecule has 4 heteroatoms. The van der Waals surface area contributed by atoms with Gasteiger partial charge in [-0.1, -0.05) is 24.6 Å². The molecule has 0 atom stereocenters. The lowest BCUT2D eigenvalue weighted by atomic mass is 10.1. The minimum Gasteiger partial charge on any atom is -0.313 e. The van der Waals surface area contributed by atoms with E-state index in [1.165, 1.54) is 16.0 Å². The number of hydrogen-bond acceptors (Lipinski definition) is 4. The Morgan fingerprint density at radius 1 is 1.10 bits per heavy atom. The molecule has 2 aromatic rings. The Morgan fingerprint density at radius 3 is 2.55 bits per heavy atom. The van der Waals surface area contributed by atoms with Crippen molar-refractivity contribution in [2.75, 3.05) is 6.54 Å². The molecule has 0 saturated heterocycles. The van der Waals surface area contributed by atoms with Gasteiger partial charge in [-0.15, -0.1) is 0 Å². The molecule has 1 heterocycles. The smallest absolute Gasteiger partial charge is 0.192 e. The molecule has 1 N–H and O–H groups in total. The zero-order chi connectivity index (χ0) is 14.4. The molecule has 1 aromatic heterocycles. The van der Waals surface area contributed by atoms with Gasteiger partial charge in [0, 0.05) is 23.8 Å². The van der Waals surface area contributed by atoms with Gasteiger partial charge in [0.15, 0.2) is 5.16 Å². The van der Waals surface area contributed by atoms with E-state index in [4.69, 9.17) is 0 Å². The van der Waals surface area contributed by atoms with Crippen LogP contribution in [0.5, 0.6) is 0 Å². The molecular formula is C16H21N3S. The van der Waals surface area contributed by atoms with E-state index in [1.54, 1.807) is 11.8 Å². The molecule has 0 amide bonds. The molecule has 0 bridgehead atoms. The number of aromatic nitrogens is 2. The van der Waals surface area contributed by atoms with Crippen molar-refractivity contribution in [2.45, 2.75) is 43.8 Å². The van der Waals surface area contributed by atoms with Crippen LogP contribution < -0.4 is 5.32 Å². The number of nitrogens with one attached hydrogen (secondary N) is 1. The Bertz CT molecular complexity index is 552. The van der Waals surface area contributed by atoms with Crippen molar-refractivity contribution in [3.63, 3.8) is 0 Å². The van der Waals surface area contributed by atoms with Crippen LogP contribution in [-0.2, 0) is 6.54 Å². The van der Waals surface area contributed by atoms with Gasteiger partial charge >= 0.3 is 0 Å². The van der Waals surface area contributed by atoms with Gasteiger partial charge in [0.25, 0.3) is 0 Å². The van der Waals surface area contributed by atoms with Gasteiger partial charge in [-0.25, -0.2) is 9.97 Å². The second-order valence-electron chi connectivity index (χ2n) is 4.93. The molecule has 20 heavy (non-hydrogen) atoms. The lowest BCUT2D eigenvalue weighted by Gasteiger charge is -2.10. The van der Waals surface area contributed by atoms with Crippen molar-refractivity contribution in [3.8, 4) is 0 Å². The fourth-order valence-electron chi connectivity index (χ4n) is 1.88. The minimum absolute atomic E-state index is 0.802. The summed E-state index contributed by atoms with van der Waals surface area (Å²) in [5.41, 5.74) is 3.68. The average Bonchev–Trinajstić information content (AvgIpc) is 2.44. The summed E-state index contributed by atoms with van der Waals surface area (Å²) in [5, 5.41) is 4.26. The number of hydrogen-bond donors (Lipinski definition) is 1. The van der Waals surface area contributed by atoms with Crippen LogP contribution in [0.1, 0.15) is 30.0 Å². The van der Waals surface area contributed by atoms with Crippen molar-refractivity contribution >= 4 is 11.8 Å². The van der Waals surface area contributed by atoms with Crippen LogP contribution in [0.3, 0.4) is 0 Å². The zero-order valence-electron chi connectivity index (χ0n) is 12.3. The molecule has 0 spiro atoms. The first-order chi connectivity index (χ1) is 9.69. The molecule has 0 aliphatic carbocycles. The molecule has 106 valence electrons. The fourth-order valence-corrected chi connectivity index (χ4v) is 2.68. The summed E-state index contributed by atoms with van der Waals surface area (Å²) in [4.78, 5) is 9.96. The van der Waals surface area contributed by atoms with Crippen LogP contribution in [0.25, 0.3) is 0 Å². The highest BCUT2D eigenvalue weighted by molar-refractivity contribution is 7.99. The molecule has 0 saturated carbocycles. The fraction of sp³-hybridized carbons (Fsp3) is 0.375. The Labute approximate surface area is 125 Å². The lowest BCUT2D eigenvalue weighted by molar-refractivity contribution is 0.669. The number of benzene rings is 1. The third-order valence-corrected chi connectivity index (χ3v) is 3.93. The third kappa shape index (κ3) is 4.32. The van der Waals surface area contributed by atoms with Gasteiger partial charge in [-0.05, 0) is 55.8 Å². The molecule has 0 unspecified atom stereocenters.